The van der Waals surface area contributed by atoms with Gasteiger partial charge in [-0.1, -0.05) is 0 Å². The van der Waals surface area contributed by atoms with Gasteiger partial charge in [-0.3, -0.25) is 4.79 Å². The molecule has 0 spiro atoms. The van der Waals surface area contributed by atoms with Crippen molar-refractivity contribution >= 4 is 5.82 Å². The maximum absolute atomic E-state index is 12.0. The van der Waals surface area contributed by atoms with Crippen LogP contribution in [0.15, 0.2) is 17.2 Å². The molecule has 0 amide bonds. The third kappa shape index (κ3) is 3.10. The molecule has 0 aromatic carbocycles. The molecule has 1 atom stereocenters. The predicted molar refractivity (Wildman–Crippen MR) is 72.9 cm³/mol. The predicted octanol–water partition coefficient (Wildman–Crippen LogP) is 1.16. The van der Waals surface area contributed by atoms with Crippen molar-refractivity contribution in [3.8, 4) is 0 Å². The Bertz CT molecular complexity index is 437. The minimum atomic E-state index is -0.0340. The normalized spacial score (nSPS) is 17.9. The highest BCUT2D eigenvalue weighted by Crippen LogP contribution is 2.08. The van der Waals surface area contributed by atoms with Crippen molar-refractivity contribution in [3.63, 3.8) is 0 Å². The molecule has 1 aromatic rings. The van der Waals surface area contributed by atoms with Gasteiger partial charge in [0, 0.05) is 31.5 Å². The molecule has 0 bridgehead atoms. The molecule has 0 aliphatic carbocycles. The number of hydrogen-bond donors (Lipinski definition) is 1. The molecule has 1 fully saturated rings. The second-order valence-corrected chi connectivity index (χ2v) is 4.92. The summed E-state index contributed by atoms with van der Waals surface area (Å²) >= 11 is 0. The third-order valence-electron chi connectivity index (χ3n) is 3.37. The van der Waals surface area contributed by atoms with Crippen LogP contribution in [-0.4, -0.2) is 40.1 Å². The lowest BCUT2D eigenvalue weighted by molar-refractivity contribution is 0.327. The monoisotopic (exact) mass is 250 g/mol. The summed E-state index contributed by atoms with van der Waals surface area (Å²) in [7, 11) is 0. The fourth-order valence-corrected chi connectivity index (χ4v) is 2.43. The summed E-state index contributed by atoms with van der Waals surface area (Å²) in [5, 5.41) is 3.23. The number of hydrogen-bond acceptors (Lipinski definition) is 4. The molecule has 2 heterocycles. The Morgan fingerprint density at radius 3 is 2.83 bits per heavy atom. The zero-order chi connectivity index (χ0) is 13.0. The molecule has 0 radical (unpaired) electrons. The molecule has 1 unspecified atom stereocenters. The first-order chi connectivity index (χ1) is 8.70. The largest absolute Gasteiger partial charge is 0.362 e. The van der Waals surface area contributed by atoms with Crippen LogP contribution in [0, 0.1) is 0 Å². The van der Waals surface area contributed by atoms with Gasteiger partial charge in [0.15, 0.2) is 5.82 Å². The van der Waals surface area contributed by atoms with E-state index < -0.39 is 0 Å². The van der Waals surface area contributed by atoms with Crippen molar-refractivity contribution < 1.29 is 0 Å². The maximum Gasteiger partial charge on any atom is 0.293 e. The summed E-state index contributed by atoms with van der Waals surface area (Å²) in [5.74, 6) is 0.464. The number of aromatic nitrogens is 2. The number of nitrogens with zero attached hydrogens (tertiary/aromatic N) is 3. The number of rotatable bonds is 5. The van der Waals surface area contributed by atoms with Crippen molar-refractivity contribution in [2.45, 2.75) is 39.3 Å². The first kappa shape index (κ1) is 13.1. The maximum atomic E-state index is 12.0. The highest BCUT2D eigenvalue weighted by atomic mass is 16.1. The van der Waals surface area contributed by atoms with Gasteiger partial charge in [0.1, 0.15) is 0 Å². The van der Waals surface area contributed by atoms with Crippen molar-refractivity contribution in [1.82, 2.24) is 14.5 Å². The van der Waals surface area contributed by atoms with E-state index in [0.29, 0.717) is 12.4 Å². The van der Waals surface area contributed by atoms with Gasteiger partial charge in [0.2, 0.25) is 0 Å². The third-order valence-corrected chi connectivity index (χ3v) is 3.37. The number of aryl methyl sites for hydroxylation is 1. The van der Waals surface area contributed by atoms with E-state index in [9.17, 15) is 4.79 Å². The molecule has 1 N–H and O–H groups in total. The molecule has 100 valence electrons. The Labute approximate surface area is 108 Å². The van der Waals surface area contributed by atoms with Crippen LogP contribution in [0.4, 0.5) is 5.82 Å². The fraction of sp³-hybridized carbons (Fsp3) is 0.692. The topological polar surface area (TPSA) is 50.2 Å². The SMILES string of the molecule is CCn1ccnc(NC(C)CN2CCCC2)c1=O. The molecule has 2 rings (SSSR count). The number of nitrogens with one attached hydrogen (secondary N) is 1. The molecule has 18 heavy (non-hydrogen) atoms. The quantitative estimate of drug-likeness (QED) is 0.852. The average Bonchev–Trinajstić information content (AvgIpc) is 2.84. The lowest BCUT2D eigenvalue weighted by Gasteiger charge is -2.21. The van der Waals surface area contributed by atoms with E-state index in [2.05, 4.69) is 22.1 Å². The van der Waals surface area contributed by atoms with Crippen LogP contribution in [0.1, 0.15) is 26.7 Å². The molecule has 1 aromatic heterocycles. The van der Waals surface area contributed by atoms with Crippen molar-refractivity contribution in [1.29, 1.82) is 0 Å². The lowest BCUT2D eigenvalue weighted by Crippen LogP contribution is -2.35. The molecule has 1 saturated heterocycles. The minimum Gasteiger partial charge on any atom is -0.362 e. The van der Waals surface area contributed by atoms with Crippen molar-refractivity contribution in [2.75, 3.05) is 25.0 Å². The summed E-state index contributed by atoms with van der Waals surface area (Å²) in [6.45, 7) is 8.06. The molecule has 1 aliphatic rings. The Kier molecular flexibility index (Phi) is 4.36. The molecule has 0 saturated carbocycles. The summed E-state index contributed by atoms with van der Waals surface area (Å²) in [6.07, 6.45) is 5.98. The van der Waals surface area contributed by atoms with Crippen LogP contribution >= 0.6 is 0 Å². The van der Waals surface area contributed by atoms with Gasteiger partial charge in [-0.2, -0.15) is 0 Å². The second-order valence-electron chi connectivity index (χ2n) is 4.92. The number of anilines is 1. The van der Waals surface area contributed by atoms with E-state index in [0.717, 1.165) is 6.54 Å². The highest BCUT2D eigenvalue weighted by molar-refractivity contribution is 5.32. The average molecular weight is 250 g/mol. The zero-order valence-corrected chi connectivity index (χ0v) is 11.2. The summed E-state index contributed by atoms with van der Waals surface area (Å²) in [5.41, 5.74) is -0.0340. The van der Waals surface area contributed by atoms with Gasteiger partial charge >= 0.3 is 0 Å². The van der Waals surface area contributed by atoms with Crippen LogP contribution in [0.3, 0.4) is 0 Å². The van der Waals surface area contributed by atoms with Crippen LogP contribution in [0.5, 0.6) is 0 Å². The van der Waals surface area contributed by atoms with E-state index in [4.69, 9.17) is 0 Å². The fourth-order valence-electron chi connectivity index (χ4n) is 2.43. The van der Waals surface area contributed by atoms with E-state index in [1.165, 1.54) is 25.9 Å². The van der Waals surface area contributed by atoms with Crippen molar-refractivity contribution in [2.24, 2.45) is 0 Å². The van der Waals surface area contributed by atoms with Gasteiger partial charge in [-0.25, -0.2) is 4.98 Å². The zero-order valence-electron chi connectivity index (χ0n) is 11.2. The van der Waals surface area contributed by atoms with Gasteiger partial charge < -0.3 is 14.8 Å². The molecular weight excluding hydrogens is 228 g/mol. The van der Waals surface area contributed by atoms with Crippen LogP contribution in [0.2, 0.25) is 0 Å². The standard InChI is InChI=1S/C13H22N4O/c1-3-17-9-6-14-12(13(17)18)15-11(2)10-16-7-4-5-8-16/h6,9,11H,3-5,7-8,10H2,1-2H3,(H,14,15). The Hall–Kier alpha value is -1.36. The smallest absolute Gasteiger partial charge is 0.293 e. The molecule has 5 heteroatoms. The lowest BCUT2D eigenvalue weighted by atomic mass is 10.3. The van der Waals surface area contributed by atoms with E-state index in [1.54, 1.807) is 17.0 Å². The first-order valence-corrected chi connectivity index (χ1v) is 6.75. The Morgan fingerprint density at radius 1 is 1.44 bits per heavy atom. The van der Waals surface area contributed by atoms with Crippen molar-refractivity contribution in [3.05, 3.63) is 22.7 Å². The Morgan fingerprint density at radius 2 is 2.17 bits per heavy atom. The van der Waals surface area contributed by atoms with Crippen LogP contribution < -0.4 is 10.9 Å². The van der Waals surface area contributed by atoms with Gasteiger partial charge in [-0.05, 0) is 39.8 Å². The first-order valence-electron chi connectivity index (χ1n) is 6.75. The van der Waals surface area contributed by atoms with E-state index in [-0.39, 0.29) is 11.6 Å². The molecule has 1 aliphatic heterocycles. The second kappa shape index (κ2) is 6.00. The van der Waals surface area contributed by atoms with Gasteiger partial charge in [0.25, 0.3) is 5.56 Å². The summed E-state index contributed by atoms with van der Waals surface area (Å²) in [4.78, 5) is 18.6. The number of likely N-dealkylation sites (tertiary alicyclic amines) is 1. The van der Waals surface area contributed by atoms with Crippen LogP contribution in [0.25, 0.3) is 0 Å². The van der Waals surface area contributed by atoms with Gasteiger partial charge in [0.05, 0.1) is 0 Å². The highest BCUT2D eigenvalue weighted by Gasteiger charge is 2.15. The van der Waals surface area contributed by atoms with E-state index in [1.807, 2.05) is 6.92 Å². The molecule has 5 nitrogen and oxygen atoms in total. The summed E-state index contributed by atoms with van der Waals surface area (Å²) in [6, 6.07) is 0.246. The summed E-state index contributed by atoms with van der Waals surface area (Å²) < 4.78 is 1.66. The van der Waals surface area contributed by atoms with E-state index >= 15 is 0 Å². The molecular formula is C13H22N4O. The Balaban J connectivity index is 1.97. The minimum absolute atomic E-state index is 0.0340. The van der Waals surface area contributed by atoms with Crippen LogP contribution in [-0.2, 0) is 6.54 Å². The van der Waals surface area contributed by atoms with Gasteiger partial charge in [-0.15, -0.1) is 0 Å².